The van der Waals surface area contributed by atoms with Crippen LogP contribution in [0.3, 0.4) is 0 Å². The first-order chi connectivity index (χ1) is 14.0. The molecule has 1 aromatic heterocycles. The number of hydrogen-bond acceptors (Lipinski definition) is 3. The molecule has 0 atom stereocenters. The molecule has 1 heterocycles. The van der Waals surface area contributed by atoms with Gasteiger partial charge in [-0.1, -0.05) is 48.0 Å². The SMILES string of the molecule is Cc1ccc(-n2nc(C(=O)Nc3ccc(F)cc3)nc2-c2ccccc2)cc1Cl. The predicted octanol–water partition coefficient (Wildman–Crippen LogP) is 5.29. The first-order valence-corrected chi connectivity index (χ1v) is 9.25. The highest BCUT2D eigenvalue weighted by Crippen LogP contribution is 2.25. The molecular weight excluding hydrogens is 391 g/mol. The summed E-state index contributed by atoms with van der Waals surface area (Å²) >= 11 is 6.28. The average Bonchev–Trinajstić information content (AvgIpc) is 3.18. The number of amides is 1. The lowest BCUT2D eigenvalue weighted by Crippen LogP contribution is -2.14. The van der Waals surface area contributed by atoms with E-state index in [4.69, 9.17) is 11.6 Å². The van der Waals surface area contributed by atoms with Gasteiger partial charge in [0.2, 0.25) is 5.82 Å². The third-order valence-electron chi connectivity index (χ3n) is 4.34. The van der Waals surface area contributed by atoms with Gasteiger partial charge in [0.25, 0.3) is 5.91 Å². The van der Waals surface area contributed by atoms with Crippen molar-refractivity contribution in [2.75, 3.05) is 5.32 Å². The number of hydrogen-bond donors (Lipinski definition) is 1. The van der Waals surface area contributed by atoms with Crippen LogP contribution in [0.5, 0.6) is 0 Å². The van der Waals surface area contributed by atoms with Gasteiger partial charge in [0.15, 0.2) is 5.82 Å². The molecule has 0 aliphatic heterocycles. The van der Waals surface area contributed by atoms with Crippen LogP contribution in [0.1, 0.15) is 16.2 Å². The van der Waals surface area contributed by atoms with Crippen molar-refractivity contribution in [3.8, 4) is 17.1 Å². The molecule has 29 heavy (non-hydrogen) atoms. The van der Waals surface area contributed by atoms with Crippen LogP contribution >= 0.6 is 11.6 Å². The molecule has 0 unspecified atom stereocenters. The summed E-state index contributed by atoms with van der Waals surface area (Å²) in [6, 6.07) is 20.4. The highest BCUT2D eigenvalue weighted by molar-refractivity contribution is 6.31. The number of carbonyl (C=O) groups excluding carboxylic acids is 1. The topological polar surface area (TPSA) is 59.8 Å². The summed E-state index contributed by atoms with van der Waals surface area (Å²) in [5.74, 6) is -0.376. The minimum atomic E-state index is -0.495. The lowest BCUT2D eigenvalue weighted by atomic mass is 10.2. The van der Waals surface area contributed by atoms with Crippen LogP contribution in [0.4, 0.5) is 10.1 Å². The number of carbonyl (C=O) groups is 1. The van der Waals surface area contributed by atoms with Gasteiger partial charge in [-0.3, -0.25) is 4.79 Å². The fraction of sp³-hybridized carbons (Fsp3) is 0.0455. The van der Waals surface area contributed by atoms with Crippen LogP contribution in [0.15, 0.2) is 72.8 Å². The van der Waals surface area contributed by atoms with Gasteiger partial charge in [-0.15, -0.1) is 5.10 Å². The first kappa shape index (κ1) is 18.8. The molecule has 7 heteroatoms. The average molecular weight is 407 g/mol. The molecule has 5 nitrogen and oxygen atoms in total. The van der Waals surface area contributed by atoms with Crippen LogP contribution in [0, 0.1) is 12.7 Å². The summed E-state index contributed by atoms with van der Waals surface area (Å²) in [7, 11) is 0. The largest absolute Gasteiger partial charge is 0.319 e. The molecule has 4 rings (SSSR count). The van der Waals surface area contributed by atoms with Gasteiger partial charge in [0.05, 0.1) is 5.69 Å². The molecule has 0 aliphatic rings. The lowest BCUT2D eigenvalue weighted by molar-refractivity contribution is 0.101. The minimum Gasteiger partial charge on any atom is -0.319 e. The summed E-state index contributed by atoms with van der Waals surface area (Å²) in [5.41, 5.74) is 2.88. The number of aryl methyl sites for hydroxylation is 1. The predicted molar refractivity (Wildman–Crippen MR) is 111 cm³/mol. The summed E-state index contributed by atoms with van der Waals surface area (Å²) in [6.45, 7) is 1.91. The maximum absolute atomic E-state index is 13.1. The molecule has 0 radical (unpaired) electrons. The van der Waals surface area contributed by atoms with Gasteiger partial charge < -0.3 is 5.32 Å². The smallest absolute Gasteiger partial charge is 0.295 e. The van der Waals surface area contributed by atoms with Crippen molar-refractivity contribution in [3.05, 3.63) is 95.0 Å². The number of anilines is 1. The van der Waals surface area contributed by atoms with Crippen molar-refractivity contribution >= 4 is 23.2 Å². The van der Waals surface area contributed by atoms with E-state index in [-0.39, 0.29) is 11.6 Å². The fourth-order valence-corrected chi connectivity index (χ4v) is 2.97. The van der Waals surface area contributed by atoms with Crippen LogP contribution < -0.4 is 5.32 Å². The summed E-state index contributed by atoms with van der Waals surface area (Å²) in [5, 5.41) is 7.67. The Labute approximate surface area is 171 Å². The first-order valence-electron chi connectivity index (χ1n) is 8.87. The Morgan fingerprint density at radius 2 is 1.76 bits per heavy atom. The Bertz CT molecular complexity index is 1170. The number of halogens is 2. The van der Waals surface area contributed by atoms with Gasteiger partial charge in [0, 0.05) is 16.3 Å². The van der Waals surface area contributed by atoms with Gasteiger partial charge >= 0.3 is 0 Å². The van der Waals surface area contributed by atoms with E-state index in [9.17, 15) is 9.18 Å². The van der Waals surface area contributed by atoms with E-state index < -0.39 is 5.91 Å². The summed E-state index contributed by atoms with van der Waals surface area (Å²) in [6.07, 6.45) is 0. The van der Waals surface area contributed by atoms with E-state index in [1.165, 1.54) is 24.3 Å². The zero-order valence-electron chi connectivity index (χ0n) is 15.4. The third kappa shape index (κ3) is 4.02. The number of benzene rings is 3. The highest BCUT2D eigenvalue weighted by Gasteiger charge is 2.19. The number of aromatic nitrogens is 3. The molecule has 0 aliphatic carbocycles. The zero-order chi connectivity index (χ0) is 20.4. The maximum atomic E-state index is 13.1. The summed E-state index contributed by atoms with van der Waals surface area (Å²) < 4.78 is 14.7. The van der Waals surface area contributed by atoms with E-state index in [0.717, 1.165) is 11.1 Å². The number of nitrogens with one attached hydrogen (secondary N) is 1. The fourth-order valence-electron chi connectivity index (χ4n) is 2.80. The van der Waals surface area contributed by atoms with Crippen LogP contribution in [-0.2, 0) is 0 Å². The van der Waals surface area contributed by atoms with E-state index in [0.29, 0.717) is 22.2 Å². The second kappa shape index (κ2) is 7.85. The molecule has 0 fully saturated rings. The quantitative estimate of drug-likeness (QED) is 0.501. The Balaban J connectivity index is 1.75. The van der Waals surface area contributed by atoms with E-state index in [2.05, 4.69) is 15.4 Å². The van der Waals surface area contributed by atoms with Gasteiger partial charge in [-0.05, 0) is 48.9 Å². The number of rotatable bonds is 4. The molecule has 0 saturated heterocycles. The number of nitrogens with zero attached hydrogens (tertiary/aromatic N) is 3. The molecule has 4 aromatic rings. The molecule has 144 valence electrons. The molecule has 1 N–H and O–H groups in total. The second-order valence-electron chi connectivity index (χ2n) is 6.43. The van der Waals surface area contributed by atoms with Gasteiger partial charge in [-0.25, -0.2) is 14.1 Å². The van der Waals surface area contributed by atoms with Crippen LogP contribution in [0.2, 0.25) is 5.02 Å². The molecule has 1 amide bonds. The normalized spacial score (nSPS) is 10.7. The zero-order valence-corrected chi connectivity index (χ0v) is 16.2. The molecule has 0 bridgehead atoms. The Hall–Kier alpha value is -3.51. The van der Waals surface area contributed by atoms with Crippen molar-refractivity contribution in [2.45, 2.75) is 6.92 Å². The second-order valence-corrected chi connectivity index (χ2v) is 6.84. The monoisotopic (exact) mass is 406 g/mol. The lowest BCUT2D eigenvalue weighted by Gasteiger charge is -2.07. The highest BCUT2D eigenvalue weighted by atomic mass is 35.5. The van der Waals surface area contributed by atoms with Crippen molar-refractivity contribution < 1.29 is 9.18 Å². The van der Waals surface area contributed by atoms with Gasteiger partial charge in [0.1, 0.15) is 5.82 Å². The minimum absolute atomic E-state index is 0.00937. The maximum Gasteiger partial charge on any atom is 0.295 e. The molecule has 0 saturated carbocycles. The molecule has 0 spiro atoms. The Kier molecular flexibility index (Phi) is 5.10. The van der Waals surface area contributed by atoms with E-state index in [1.807, 2.05) is 49.4 Å². The van der Waals surface area contributed by atoms with Crippen molar-refractivity contribution in [2.24, 2.45) is 0 Å². The van der Waals surface area contributed by atoms with Gasteiger partial charge in [-0.2, -0.15) is 0 Å². The summed E-state index contributed by atoms with van der Waals surface area (Å²) in [4.78, 5) is 17.1. The van der Waals surface area contributed by atoms with E-state index in [1.54, 1.807) is 10.7 Å². The third-order valence-corrected chi connectivity index (χ3v) is 4.75. The van der Waals surface area contributed by atoms with Crippen molar-refractivity contribution in [3.63, 3.8) is 0 Å². The standard InChI is InChI=1S/C22H16ClFN4O/c1-14-7-12-18(13-19(14)23)28-21(15-5-3-2-4-6-15)26-20(27-28)22(29)25-17-10-8-16(24)9-11-17/h2-13H,1H3,(H,25,29). The molecular formula is C22H16ClFN4O. The Morgan fingerprint density at radius 1 is 1.03 bits per heavy atom. The van der Waals surface area contributed by atoms with E-state index >= 15 is 0 Å². The van der Waals surface area contributed by atoms with Crippen LogP contribution in [0.25, 0.3) is 17.1 Å². The van der Waals surface area contributed by atoms with Crippen molar-refractivity contribution in [1.82, 2.24) is 14.8 Å². The molecule has 3 aromatic carbocycles. The van der Waals surface area contributed by atoms with Crippen molar-refractivity contribution in [1.29, 1.82) is 0 Å². The van der Waals surface area contributed by atoms with Crippen LogP contribution in [-0.4, -0.2) is 20.7 Å². The Morgan fingerprint density at radius 3 is 2.45 bits per heavy atom.